The largest absolute Gasteiger partial charge is 0.506 e. The van der Waals surface area contributed by atoms with Gasteiger partial charge in [-0.2, -0.15) is 0 Å². The predicted molar refractivity (Wildman–Crippen MR) is 111 cm³/mol. The molecule has 0 aromatic carbocycles. The molecule has 0 amide bonds. The van der Waals surface area contributed by atoms with Crippen molar-refractivity contribution in [1.82, 2.24) is 25.5 Å². The van der Waals surface area contributed by atoms with Crippen LogP contribution in [0.5, 0.6) is 5.75 Å². The molecule has 3 aromatic rings. The Morgan fingerprint density at radius 2 is 2.00 bits per heavy atom. The second kappa shape index (κ2) is 7.44. The van der Waals surface area contributed by atoms with E-state index in [-0.39, 0.29) is 11.3 Å². The number of aryl methyl sites for hydroxylation is 1. The maximum Gasteiger partial charge on any atom is 0.191 e. The van der Waals surface area contributed by atoms with E-state index >= 15 is 0 Å². The lowest BCUT2D eigenvalue weighted by Crippen LogP contribution is -2.45. The second-order valence-electron chi connectivity index (χ2n) is 8.44. The number of aromatic nitrogens is 4. The van der Waals surface area contributed by atoms with Gasteiger partial charge in [0.25, 0.3) is 0 Å². The maximum atomic E-state index is 10.4. The first-order valence-corrected chi connectivity index (χ1v) is 9.77. The van der Waals surface area contributed by atoms with E-state index in [0.717, 1.165) is 25.3 Å². The topological polar surface area (TPSA) is 100 Å². The molecule has 3 aromatic heterocycles. The second-order valence-corrected chi connectivity index (χ2v) is 8.44. The smallest absolute Gasteiger partial charge is 0.191 e. The average Bonchev–Trinajstić information content (AvgIpc) is 3.30. The SMILES string of the molecule is Cc1ncc(-c2cnc(-c3ccc(N4CC[C@@H](NC(C)(C)C)C4)nn3)c(O)c2)o1. The summed E-state index contributed by atoms with van der Waals surface area (Å²) in [6.07, 6.45) is 4.32. The molecule has 0 aliphatic carbocycles. The normalized spacial score (nSPS) is 17.1. The third kappa shape index (κ3) is 4.37. The summed E-state index contributed by atoms with van der Waals surface area (Å²) < 4.78 is 5.48. The number of aromatic hydroxyl groups is 1. The van der Waals surface area contributed by atoms with Crippen LogP contribution in [-0.2, 0) is 0 Å². The molecular formula is C21H26N6O2. The average molecular weight is 394 g/mol. The van der Waals surface area contributed by atoms with E-state index in [1.54, 1.807) is 25.4 Å². The van der Waals surface area contributed by atoms with Gasteiger partial charge in [-0.25, -0.2) is 9.97 Å². The number of hydrogen-bond acceptors (Lipinski definition) is 8. The van der Waals surface area contributed by atoms with Crippen molar-refractivity contribution in [2.75, 3.05) is 18.0 Å². The van der Waals surface area contributed by atoms with Crippen molar-refractivity contribution in [1.29, 1.82) is 0 Å². The van der Waals surface area contributed by atoms with Gasteiger partial charge in [0.1, 0.15) is 17.1 Å². The molecule has 8 nitrogen and oxygen atoms in total. The number of oxazole rings is 1. The number of hydrogen-bond donors (Lipinski definition) is 2. The molecule has 0 bridgehead atoms. The Bertz CT molecular complexity index is 993. The lowest BCUT2D eigenvalue weighted by atomic mass is 10.1. The Labute approximate surface area is 170 Å². The quantitative estimate of drug-likeness (QED) is 0.696. The van der Waals surface area contributed by atoms with Gasteiger partial charge in [-0.05, 0) is 45.4 Å². The van der Waals surface area contributed by atoms with Crippen LogP contribution in [0.15, 0.2) is 35.0 Å². The van der Waals surface area contributed by atoms with Crippen LogP contribution in [-0.4, -0.2) is 49.9 Å². The van der Waals surface area contributed by atoms with Crippen LogP contribution in [0.1, 0.15) is 33.1 Å². The van der Waals surface area contributed by atoms with Crippen LogP contribution < -0.4 is 10.2 Å². The van der Waals surface area contributed by atoms with Crippen molar-refractivity contribution in [2.24, 2.45) is 0 Å². The Balaban J connectivity index is 1.48. The van der Waals surface area contributed by atoms with Crippen LogP contribution in [0.2, 0.25) is 0 Å². The molecule has 8 heteroatoms. The summed E-state index contributed by atoms with van der Waals surface area (Å²) in [5.41, 5.74) is 1.66. The lowest BCUT2D eigenvalue weighted by Gasteiger charge is -2.26. The molecular weight excluding hydrogens is 368 g/mol. The summed E-state index contributed by atoms with van der Waals surface area (Å²) in [6.45, 7) is 10.1. The monoisotopic (exact) mass is 394 g/mol. The summed E-state index contributed by atoms with van der Waals surface area (Å²) in [5, 5.41) is 22.7. The van der Waals surface area contributed by atoms with E-state index in [4.69, 9.17) is 4.42 Å². The minimum Gasteiger partial charge on any atom is -0.506 e. The van der Waals surface area contributed by atoms with Crippen molar-refractivity contribution in [3.8, 4) is 28.5 Å². The van der Waals surface area contributed by atoms with Crippen molar-refractivity contribution in [3.63, 3.8) is 0 Å². The Morgan fingerprint density at radius 3 is 2.62 bits per heavy atom. The molecule has 1 saturated heterocycles. The van der Waals surface area contributed by atoms with E-state index in [1.807, 2.05) is 12.1 Å². The van der Waals surface area contributed by atoms with Crippen LogP contribution in [0.3, 0.4) is 0 Å². The maximum absolute atomic E-state index is 10.4. The van der Waals surface area contributed by atoms with E-state index in [9.17, 15) is 5.11 Å². The highest BCUT2D eigenvalue weighted by Gasteiger charge is 2.26. The molecule has 4 heterocycles. The van der Waals surface area contributed by atoms with E-state index in [2.05, 4.69) is 51.2 Å². The van der Waals surface area contributed by atoms with Crippen molar-refractivity contribution in [3.05, 3.63) is 36.5 Å². The van der Waals surface area contributed by atoms with Crippen LogP contribution in [0.4, 0.5) is 5.82 Å². The van der Waals surface area contributed by atoms with Crippen LogP contribution in [0.25, 0.3) is 22.7 Å². The molecule has 2 N–H and O–H groups in total. The third-order valence-corrected chi connectivity index (χ3v) is 4.82. The Kier molecular flexibility index (Phi) is 4.96. The standard InChI is InChI=1S/C21H26N6O2/c1-13-22-11-18(29-13)14-9-17(28)20(23-10-14)16-5-6-19(26-25-16)27-8-7-15(12-27)24-21(2,3)4/h5-6,9-11,15,24,28H,7-8,12H2,1-4H3/t15-/m1/s1. The molecule has 0 unspecified atom stereocenters. The van der Waals surface area contributed by atoms with Gasteiger partial charge in [-0.15, -0.1) is 10.2 Å². The van der Waals surface area contributed by atoms with E-state index in [1.165, 1.54) is 0 Å². The van der Waals surface area contributed by atoms with E-state index < -0.39 is 0 Å². The number of nitrogens with one attached hydrogen (secondary N) is 1. The Morgan fingerprint density at radius 1 is 1.17 bits per heavy atom. The highest BCUT2D eigenvalue weighted by molar-refractivity contribution is 5.68. The van der Waals surface area contributed by atoms with Gasteiger partial charge in [0.2, 0.25) is 0 Å². The lowest BCUT2D eigenvalue weighted by molar-refractivity contribution is 0.373. The third-order valence-electron chi connectivity index (χ3n) is 4.82. The first-order chi connectivity index (χ1) is 13.8. The van der Waals surface area contributed by atoms with Crippen LogP contribution >= 0.6 is 0 Å². The Hall–Kier alpha value is -3.00. The number of pyridine rings is 1. The van der Waals surface area contributed by atoms with Gasteiger partial charge in [0.05, 0.1) is 6.20 Å². The van der Waals surface area contributed by atoms with Crippen molar-refractivity contribution >= 4 is 5.82 Å². The predicted octanol–water partition coefficient (Wildman–Crippen LogP) is 3.17. The number of anilines is 1. The van der Waals surface area contributed by atoms with Crippen molar-refractivity contribution in [2.45, 2.75) is 45.7 Å². The zero-order valence-corrected chi connectivity index (χ0v) is 17.2. The highest BCUT2D eigenvalue weighted by Crippen LogP contribution is 2.31. The first kappa shape index (κ1) is 19.3. The molecule has 0 spiro atoms. The minimum absolute atomic E-state index is 0.0224. The van der Waals surface area contributed by atoms with Gasteiger partial charge in [0, 0.05) is 43.4 Å². The summed E-state index contributed by atoms with van der Waals surface area (Å²) >= 11 is 0. The molecule has 1 aliphatic heterocycles. The molecule has 1 atom stereocenters. The number of nitrogens with zero attached hydrogens (tertiary/aromatic N) is 5. The fourth-order valence-electron chi connectivity index (χ4n) is 3.60. The van der Waals surface area contributed by atoms with Crippen LogP contribution in [0, 0.1) is 6.92 Å². The molecule has 4 rings (SSSR count). The molecule has 152 valence electrons. The summed E-state index contributed by atoms with van der Waals surface area (Å²) in [5.74, 6) is 1.98. The number of rotatable bonds is 4. The van der Waals surface area contributed by atoms with Gasteiger partial charge >= 0.3 is 0 Å². The zero-order valence-electron chi connectivity index (χ0n) is 17.2. The minimum atomic E-state index is 0.0224. The molecule has 0 saturated carbocycles. The summed E-state index contributed by atoms with van der Waals surface area (Å²) in [6, 6.07) is 5.81. The fraction of sp³-hybridized carbons (Fsp3) is 0.429. The van der Waals surface area contributed by atoms with Gasteiger partial charge in [0.15, 0.2) is 17.5 Å². The fourth-order valence-corrected chi connectivity index (χ4v) is 3.60. The summed E-state index contributed by atoms with van der Waals surface area (Å²) in [4.78, 5) is 10.6. The molecule has 0 radical (unpaired) electrons. The van der Waals surface area contributed by atoms with E-state index in [0.29, 0.717) is 34.6 Å². The van der Waals surface area contributed by atoms with Gasteiger partial charge in [-0.3, -0.25) is 0 Å². The zero-order chi connectivity index (χ0) is 20.6. The van der Waals surface area contributed by atoms with Crippen molar-refractivity contribution < 1.29 is 9.52 Å². The summed E-state index contributed by atoms with van der Waals surface area (Å²) in [7, 11) is 0. The van der Waals surface area contributed by atoms with Gasteiger partial charge < -0.3 is 19.7 Å². The molecule has 1 fully saturated rings. The van der Waals surface area contributed by atoms with Gasteiger partial charge in [-0.1, -0.05) is 0 Å². The molecule has 29 heavy (non-hydrogen) atoms. The first-order valence-electron chi connectivity index (χ1n) is 9.77. The molecule has 1 aliphatic rings. The highest BCUT2D eigenvalue weighted by atomic mass is 16.4.